The molecule has 0 aromatic heterocycles. The van der Waals surface area contributed by atoms with Gasteiger partial charge in [0.25, 0.3) is 0 Å². The highest BCUT2D eigenvalue weighted by atomic mass is 16.5. The van der Waals surface area contributed by atoms with Crippen molar-refractivity contribution in [2.45, 2.75) is 0 Å². The molecule has 2 rings (SSSR count). The van der Waals surface area contributed by atoms with Crippen molar-refractivity contribution >= 4 is 29.7 Å². The van der Waals surface area contributed by atoms with Gasteiger partial charge in [-0.1, -0.05) is 12.1 Å². The van der Waals surface area contributed by atoms with E-state index in [9.17, 15) is 9.59 Å². The van der Waals surface area contributed by atoms with Gasteiger partial charge in [-0.3, -0.25) is 4.79 Å². The number of amides is 1. The summed E-state index contributed by atoms with van der Waals surface area (Å²) < 4.78 is 21.0. The molecule has 2 N–H and O–H groups in total. The predicted octanol–water partition coefficient (Wildman–Crippen LogP) is 2.90. The molecule has 0 atom stereocenters. The third-order valence-electron chi connectivity index (χ3n) is 4.68. The molecule has 8 nitrogen and oxygen atoms in total. The average Bonchev–Trinajstić information content (AvgIpc) is 2.79. The highest BCUT2D eigenvalue weighted by molar-refractivity contribution is 6.14. The van der Waals surface area contributed by atoms with Crippen molar-refractivity contribution in [1.29, 1.82) is 0 Å². The molecule has 0 saturated heterocycles. The second-order valence-corrected chi connectivity index (χ2v) is 6.92. The molecule has 0 aliphatic heterocycles. The fourth-order valence-electron chi connectivity index (χ4n) is 3.02. The number of rotatable bonds is 9. The Labute approximate surface area is 187 Å². The first-order valence-corrected chi connectivity index (χ1v) is 9.65. The van der Waals surface area contributed by atoms with Crippen molar-refractivity contribution in [3.05, 3.63) is 58.7 Å². The first kappa shape index (κ1) is 24.3. The van der Waals surface area contributed by atoms with Gasteiger partial charge >= 0.3 is 5.97 Å². The smallest absolute Gasteiger partial charge is 0.338 e. The van der Waals surface area contributed by atoms with E-state index in [4.69, 9.17) is 24.7 Å². The number of nitrogens with two attached hydrogens (primary N) is 1. The number of esters is 1. The summed E-state index contributed by atoms with van der Waals surface area (Å²) in [5, 5.41) is 0. The molecule has 32 heavy (non-hydrogen) atoms. The van der Waals surface area contributed by atoms with Crippen molar-refractivity contribution in [1.82, 2.24) is 0 Å². The molecule has 8 heteroatoms. The normalized spacial score (nSPS) is 11.6. The van der Waals surface area contributed by atoms with Gasteiger partial charge in [0, 0.05) is 19.8 Å². The Morgan fingerprint density at radius 2 is 1.34 bits per heavy atom. The average molecular weight is 440 g/mol. The van der Waals surface area contributed by atoms with E-state index < -0.39 is 11.9 Å². The first-order valence-electron chi connectivity index (χ1n) is 9.65. The molecule has 170 valence electrons. The van der Waals surface area contributed by atoms with Crippen LogP contribution >= 0.6 is 0 Å². The summed E-state index contributed by atoms with van der Waals surface area (Å²) in [6.07, 6.45) is 3.03. The number of nitrogens with zero attached hydrogens (tertiary/aromatic N) is 1. The minimum Gasteiger partial charge on any atom is -0.493 e. The van der Waals surface area contributed by atoms with Gasteiger partial charge in [-0.25, -0.2) is 4.79 Å². The van der Waals surface area contributed by atoms with Gasteiger partial charge in [0.05, 0.1) is 39.6 Å². The number of hydrogen-bond donors (Lipinski definition) is 1. The maximum absolute atomic E-state index is 12.6. The number of methoxy groups -OCH3 is 4. The second-order valence-electron chi connectivity index (χ2n) is 6.92. The standard InChI is InChI=1S/C24H28N2O6/c1-26(2)17-9-7-15(8-10-17)11-18(23(25)27)19(24(28)32-6)12-16-13-20(29-3)22(31-5)21(14-16)30-4/h7-14H,1-6H3,(H2,25,27)/b18-11+,19-12+. The van der Waals surface area contributed by atoms with Crippen LogP contribution in [0.1, 0.15) is 11.1 Å². The van der Waals surface area contributed by atoms with Gasteiger partial charge in [0.1, 0.15) is 0 Å². The molecule has 0 spiro atoms. The van der Waals surface area contributed by atoms with Crippen LogP contribution in [0.4, 0.5) is 5.69 Å². The lowest BCUT2D eigenvalue weighted by Gasteiger charge is -2.14. The van der Waals surface area contributed by atoms with E-state index in [-0.39, 0.29) is 11.1 Å². The largest absolute Gasteiger partial charge is 0.493 e. The van der Waals surface area contributed by atoms with Crippen LogP contribution in [-0.2, 0) is 14.3 Å². The molecule has 0 aliphatic carbocycles. The summed E-state index contributed by atoms with van der Waals surface area (Å²) >= 11 is 0. The maximum Gasteiger partial charge on any atom is 0.338 e. The Bertz CT molecular complexity index is 1010. The van der Waals surface area contributed by atoms with E-state index >= 15 is 0 Å². The number of hydrogen-bond acceptors (Lipinski definition) is 7. The maximum atomic E-state index is 12.6. The molecule has 2 aromatic rings. The third-order valence-corrected chi connectivity index (χ3v) is 4.68. The van der Waals surface area contributed by atoms with Crippen molar-refractivity contribution in [2.75, 3.05) is 47.4 Å². The Morgan fingerprint density at radius 1 is 0.812 bits per heavy atom. The van der Waals surface area contributed by atoms with Crippen LogP contribution in [0.15, 0.2) is 47.5 Å². The van der Waals surface area contributed by atoms with Crippen LogP contribution in [-0.4, -0.2) is 54.4 Å². The third kappa shape index (κ3) is 5.60. The van der Waals surface area contributed by atoms with Crippen molar-refractivity contribution in [2.24, 2.45) is 5.73 Å². The molecule has 0 unspecified atom stereocenters. The highest BCUT2D eigenvalue weighted by Gasteiger charge is 2.21. The lowest BCUT2D eigenvalue weighted by Crippen LogP contribution is -2.20. The van der Waals surface area contributed by atoms with Crippen LogP contribution in [0.5, 0.6) is 17.2 Å². The zero-order valence-corrected chi connectivity index (χ0v) is 19.1. The van der Waals surface area contributed by atoms with Crippen molar-refractivity contribution in [3.63, 3.8) is 0 Å². The van der Waals surface area contributed by atoms with Crippen LogP contribution in [0.3, 0.4) is 0 Å². The number of carbonyl (C=O) groups excluding carboxylic acids is 2. The Balaban J connectivity index is 2.66. The zero-order chi connectivity index (χ0) is 23.8. The summed E-state index contributed by atoms with van der Waals surface area (Å²) in [5.41, 5.74) is 7.84. The second kappa shape index (κ2) is 10.9. The van der Waals surface area contributed by atoms with E-state index in [2.05, 4.69) is 0 Å². The lowest BCUT2D eigenvalue weighted by atomic mass is 9.99. The van der Waals surface area contributed by atoms with Crippen LogP contribution in [0.2, 0.25) is 0 Å². The SMILES string of the molecule is COC(=O)C(=C/c1cc(OC)c(OC)c(OC)c1)/C(=C\c1ccc(N(C)C)cc1)C(N)=O. The molecular formula is C24H28N2O6. The fraction of sp³-hybridized carbons (Fsp3) is 0.250. The van der Waals surface area contributed by atoms with Crippen molar-refractivity contribution < 1.29 is 28.5 Å². The van der Waals surface area contributed by atoms with E-state index in [0.29, 0.717) is 28.4 Å². The summed E-state index contributed by atoms with van der Waals surface area (Å²) in [4.78, 5) is 26.9. The van der Waals surface area contributed by atoms with Crippen LogP contribution in [0.25, 0.3) is 12.2 Å². The number of benzene rings is 2. The highest BCUT2D eigenvalue weighted by Crippen LogP contribution is 2.39. The predicted molar refractivity (Wildman–Crippen MR) is 124 cm³/mol. The van der Waals surface area contributed by atoms with Gasteiger partial charge in [-0.05, 0) is 47.5 Å². The van der Waals surface area contributed by atoms with E-state index in [1.54, 1.807) is 18.2 Å². The molecule has 2 aromatic carbocycles. The molecule has 0 heterocycles. The fourth-order valence-corrected chi connectivity index (χ4v) is 3.02. The van der Waals surface area contributed by atoms with E-state index in [0.717, 1.165) is 5.69 Å². The number of carbonyl (C=O) groups is 2. The number of ether oxygens (including phenoxy) is 4. The number of anilines is 1. The van der Waals surface area contributed by atoms with Gasteiger partial charge < -0.3 is 29.6 Å². The summed E-state index contributed by atoms with van der Waals surface area (Å²) in [6, 6.07) is 10.7. The van der Waals surface area contributed by atoms with Crippen molar-refractivity contribution in [3.8, 4) is 17.2 Å². The molecular weight excluding hydrogens is 412 g/mol. The molecule has 0 saturated carbocycles. The topological polar surface area (TPSA) is 100 Å². The minimum atomic E-state index is -0.772. The molecule has 0 radical (unpaired) electrons. The van der Waals surface area contributed by atoms with Gasteiger partial charge in [0.2, 0.25) is 11.7 Å². The Morgan fingerprint density at radius 3 is 1.75 bits per heavy atom. The van der Waals surface area contributed by atoms with Gasteiger partial charge in [0.15, 0.2) is 11.5 Å². The quantitative estimate of drug-likeness (QED) is 0.363. The van der Waals surface area contributed by atoms with E-state index in [1.807, 2.05) is 43.3 Å². The summed E-state index contributed by atoms with van der Waals surface area (Å²) in [7, 11) is 9.54. The van der Waals surface area contributed by atoms with Crippen LogP contribution < -0.4 is 24.8 Å². The Hall–Kier alpha value is -3.94. The monoisotopic (exact) mass is 440 g/mol. The minimum absolute atomic E-state index is 0.00297. The van der Waals surface area contributed by atoms with E-state index in [1.165, 1.54) is 34.5 Å². The van der Waals surface area contributed by atoms with Gasteiger partial charge in [-0.2, -0.15) is 0 Å². The zero-order valence-electron chi connectivity index (χ0n) is 19.1. The molecule has 0 bridgehead atoms. The van der Waals surface area contributed by atoms with Gasteiger partial charge in [-0.15, -0.1) is 0 Å². The summed E-state index contributed by atoms with van der Waals surface area (Å²) in [6.45, 7) is 0. The summed E-state index contributed by atoms with van der Waals surface area (Å²) in [5.74, 6) is -0.296. The number of primary amides is 1. The van der Waals surface area contributed by atoms with Crippen LogP contribution in [0, 0.1) is 0 Å². The molecule has 1 amide bonds. The lowest BCUT2D eigenvalue weighted by molar-refractivity contribution is -0.136. The first-order chi connectivity index (χ1) is 15.2. The molecule has 0 aliphatic rings. The Kier molecular flexibility index (Phi) is 8.29. The molecule has 0 fully saturated rings.